The topological polar surface area (TPSA) is 237 Å². The molecule has 0 rings (SSSR count). The highest BCUT2D eigenvalue weighted by Crippen LogP contribution is 2.45. The first-order chi connectivity index (χ1) is 47.6. The van der Waals surface area contributed by atoms with Crippen molar-refractivity contribution in [2.45, 2.75) is 427 Å². The minimum atomic E-state index is -4.96. The first-order valence-electron chi connectivity index (χ1n) is 41.2. The molecule has 0 aliphatic heterocycles. The number of phosphoric ester groups is 2. The van der Waals surface area contributed by atoms with Gasteiger partial charge >= 0.3 is 39.5 Å². The molecule has 0 aromatic rings. The summed E-state index contributed by atoms with van der Waals surface area (Å²) in [5, 5.41) is 10.6. The molecule has 588 valence electrons. The summed E-state index contributed by atoms with van der Waals surface area (Å²) in [6.07, 6.45) is 55.7. The average Bonchev–Trinajstić information content (AvgIpc) is 0.949. The van der Waals surface area contributed by atoms with Crippen LogP contribution in [0.4, 0.5) is 0 Å². The predicted octanol–water partition coefficient (Wildman–Crippen LogP) is 23.6. The number of unbranched alkanes of at least 4 members (excludes halogenated alkanes) is 43. The lowest BCUT2D eigenvalue weighted by Crippen LogP contribution is -2.30. The van der Waals surface area contributed by atoms with E-state index in [9.17, 15) is 43.2 Å². The van der Waals surface area contributed by atoms with E-state index in [4.69, 9.17) is 37.0 Å². The van der Waals surface area contributed by atoms with Crippen LogP contribution >= 0.6 is 15.6 Å². The van der Waals surface area contributed by atoms with Crippen molar-refractivity contribution in [2.24, 2.45) is 23.7 Å². The molecule has 0 fully saturated rings. The molecular formula is C80H156O17P2. The third-order valence-electron chi connectivity index (χ3n) is 18.6. The molecule has 0 heterocycles. The molecule has 0 saturated heterocycles. The van der Waals surface area contributed by atoms with E-state index in [-0.39, 0.29) is 25.7 Å². The normalized spacial score (nSPS) is 14.1. The Labute approximate surface area is 607 Å². The van der Waals surface area contributed by atoms with Gasteiger partial charge in [0.25, 0.3) is 0 Å². The monoisotopic (exact) mass is 1450 g/mol. The van der Waals surface area contributed by atoms with E-state index in [1.807, 2.05) is 0 Å². The highest BCUT2D eigenvalue weighted by Gasteiger charge is 2.30. The van der Waals surface area contributed by atoms with Crippen LogP contribution in [0.3, 0.4) is 0 Å². The van der Waals surface area contributed by atoms with E-state index in [2.05, 4.69) is 55.4 Å². The van der Waals surface area contributed by atoms with Crippen LogP contribution < -0.4 is 0 Å². The van der Waals surface area contributed by atoms with Crippen molar-refractivity contribution in [3.8, 4) is 0 Å². The summed E-state index contributed by atoms with van der Waals surface area (Å²) >= 11 is 0. The lowest BCUT2D eigenvalue weighted by Gasteiger charge is -2.21. The van der Waals surface area contributed by atoms with Crippen LogP contribution in [-0.4, -0.2) is 96.7 Å². The van der Waals surface area contributed by atoms with Gasteiger partial charge in [0.15, 0.2) is 12.2 Å². The van der Waals surface area contributed by atoms with Gasteiger partial charge in [-0.1, -0.05) is 357 Å². The van der Waals surface area contributed by atoms with Crippen LogP contribution in [-0.2, 0) is 65.4 Å². The number of carbonyl (C=O) groups is 4. The first-order valence-corrected chi connectivity index (χ1v) is 44.2. The minimum Gasteiger partial charge on any atom is -0.462 e. The van der Waals surface area contributed by atoms with Crippen molar-refractivity contribution in [3.63, 3.8) is 0 Å². The van der Waals surface area contributed by atoms with Crippen LogP contribution in [0, 0.1) is 23.7 Å². The van der Waals surface area contributed by atoms with Crippen LogP contribution in [0.25, 0.3) is 0 Å². The van der Waals surface area contributed by atoms with Crippen molar-refractivity contribution >= 4 is 39.5 Å². The molecule has 0 spiro atoms. The van der Waals surface area contributed by atoms with Crippen LogP contribution in [0.15, 0.2) is 0 Å². The van der Waals surface area contributed by atoms with Crippen LogP contribution in [0.1, 0.15) is 409 Å². The molecule has 0 amide bonds. The maximum absolute atomic E-state index is 13.1. The van der Waals surface area contributed by atoms with Gasteiger partial charge in [0.1, 0.15) is 19.3 Å². The van der Waals surface area contributed by atoms with E-state index in [0.717, 1.165) is 114 Å². The van der Waals surface area contributed by atoms with E-state index in [0.29, 0.717) is 31.6 Å². The number of hydrogen-bond acceptors (Lipinski definition) is 15. The zero-order valence-corrected chi connectivity index (χ0v) is 66.9. The molecular weight excluding hydrogens is 1290 g/mol. The lowest BCUT2D eigenvalue weighted by molar-refractivity contribution is -0.161. The standard InChI is InChI=1S/C80H156O17P2/c1-70(2)56-48-40-32-25-21-17-13-9-11-15-19-23-27-36-44-52-60-77(82)90-66-75(96-79(84)62-54-46-37-28-24-20-16-12-10-14-18-22-26-33-41-49-57-71(3)4)68-94-98(86,87)92-64-74(81)65-93-99(88,89)95-69-76(67-91-78(83)61-53-45-39-31-35-43-51-59-73(7)8)97-80(85)63-55-47-38-30-29-34-42-50-58-72(5)6/h70-76,81H,9-69H2,1-8H3,(H,86,87)(H,88,89)/t74?,75-,76-/m1/s1. The van der Waals surface area contributed by atoms with Gasteiger partial charge in [-0.15, -0.1) is 0 Å². The van der Waals surface area contributed by atoms with Gasteiger partial charge in [-0.05, 0) is 49.4 Å². The molecule has 5 atom stereocenters. The number of rotatable bonds is 77. The van der Waals surface area contributed by atoms with Crippen molar-refractivity contribution in [1.82, 2.24) is 0 Å². The fourth-order valence-corrected chi connectivity index (χ4v) is 13.8. The SMILES string of the molecule is CC(C)CCCCCCCCCCCCCCCCCCC(=O)OC[C@H](COP(=O)(O)OCC(O)COP(=O)(O)OC[C@@H](COC(=O)CCCCCCCCCC(C)C)OC(=O)CCCCCCCCCCC(C)C)OC(=O)CCCCCCCCCCCCCCCCCCC(C)C. The summed E-state index contributed by atoms with van der Waals surface area (Å²) < 4.78 is 68.6. The van der Waals surface area contributed by atoms with Crippen molar-refractivity contribution < 1.29 is 80.2 Å². The minimum absolute atomic E-state index is 0.104. The number of aliphatic hydroxyl groups is 1. The number of carbonyl (C=O) groups excluding carboxylic acids is 4. The van der Waals surface area contributed by atoms with Crippen molar-refractivity contribution in [3.05, 3.63) is 0 Å². The fraction of sp³-hybridized carbons (Fsp3) is 0.950. The summed E-state index contributed by atoms with van der Waals surface area (Å²) in [6, 6.07) is 0. The Morgan fingerprint density at radius 2 is 0.424 bits per heavy atom. The second kappa shape index (κ2) is 69.1. The molecule has 99 heavy (non-hydrogen) atoms. The van der Waals surface area contributed by atoms with E-state index in [1.54, 1.807) is 0 Å². The molecule has 17 nitrogen and oxygen atoms in total. The van der Waals surface area contributed by atoms with Gasteiger partial charge in [0, 0.05) is 25.7 Å². The predicted molar refractivity (Wildman–Crippen MR) is 404 cm³/mol. The second-order valence-corrected chi connectivity index (χ2v) is 33.6. The van der Waals surface area contributed by atoms with E-state index < -0.39 is 97.5 Å². The van der Waals surface area contributed by atoms with E-state index in [1.165, 1.54) is 205 Å². The van der Waals surface area contributed by atoms with E-state index >= 15 is 0 Å². The Kier molecular flexibility index (Phi) is 67.8. The smallest absolute Gasteiger partial charge is 0.462 e. The Morgan fingerprint density at radius 3 is 0.626 bits per heavy atom. The van der Waals surface area contributed by atoms with Gasteiger partial charge in [-0.3, -0.25) is 37.3 Å². The summed E-state index contributed by atoms with van der Waals surface area (Å²) in [7, 11) is -9.92. The number of ether oxygens (including phenoxy) is 4. The van der Waals surface area contributed by atoms with Gasteiger partial charge in [-0.2, -0.15) is 0 Å². The molecule has 0 saturated carbocycles. The molecule has 3 unspecified atom stereocenters. The maximum Gasteiger partial charge on any atom is 0.472 e. The molecule has 19 heteroatoms. The summed E-state index contributed by atoms with van der Waals surface area (Å²) in [5.41, 5.74) is 0. The third-order valence-corrected chi connectivity index (χ3v) is 20.5. The Balaban J connectivity index is 5.22. The molecule has 0 aromatic heterocycles. The highest BCUT2D eigenvalue weighted by molar-refractivity contribution is 7.47. The first kappa shape index (κ1) is 97.1. The molecule has 0 radical (unpaired) electrons. The summed E-state index contributed by atoms with van der Waals surface area (Å²) in [5.74, 6) is 0.927. The van der Waals surface area contributed by atoms with Gasteiger partial charge < -0.3 is 33.8 Å². The Morgan fingerprint density at radius 1 is 0.253 bits per heavy atom. The number of hydrogen-bond donors (Lipinski definition) is 3. The number of esters is 4. The quantitative estimate of drug-likeness (QED) is 0.0222. The second-order valence-electron chi connectivity index (χ2n) is 30.7. The summed E-state index contributed by atoms with van der Waals surface area (Å²) in [6.45, 7) is 14.2. The van der Waals surface area contributed by atoms with Crippen molar-refractivity contribution in [1.29, 1.82) is 0 Å². The zero-order chi connectivity index (χ0) is 73.1. The average molecular weight is 1450 g/mol. The number of phosphoric acid groups is 2. The van der Waals surface area contributed by atoms with Crippen molar-refractivity contribution in [2.75, 3.05) is 39.6 Å². The maximum atomic E-state index is 13.1. The number of aliphatic hydroxyl groups excluding tert-OH is 1. The highest BCUT2D eigenvalue weighted by atomic mass is 31.2. The summed E-state index contributed by atoms with van der Waals surface area (Å²) in [4.78, 5) is 72.9. The van der Waals surface area contributed by atoms with Gasteiger partial charge in [-0.25, -0.2) is 9.13 Å². The Hall–Kier alpha value is -1.94. The molecule has 0 aliphatic carbocycles. The molecule has 0 aromatic carbocycles. The van der Waals surface area contributed by atoms with Crippen LogP contribution in [0.5, 0.6) is 0 Å². The van der Waals surface area contributed by atoms with Gasteiger partial charge in [0.05, 0.1) is 26.4 Å². The third kappa shape index (κ3) is 74.1. The largest absolute Gasteiger partial charge is 0.472 e. The Bertz CT molecular complexity index is 1940. The fourth-order valence-electron chi connectivity index (χ4n) is 12.3. The molecule has 0 bridgehead atoms. The lowest BCUT2D eigenvalue weighted by atomic mass is 10.0. The molecule has 3 N–H and O–H groups in total. The molecule has 0 aliphatic rings. The van der Waals surface area contributed by atoms with Gasteiger partial charge in [0.2, 0.25) is 0 Å². The van der Waals surface area contributed by atoms with Crippen LogP contribution in [0.2, 0.25) is 0 Å². The zero-order valence-electron chi connectivity index (χ0n) is 65.1.